The summed E-state index contributed by atoms with van der Waals surface area (Å²) in [6.07, 6.45) is 3.11. The van der Waals surface area contributed by atoms with Gasteiger partial charge in [0.1, 0.15) is 11.5 Å². The molecule has 0 saturated heterocycles. The number of anilines is 1. The number of aryl methyl sites for hydroxylation is 2. The van der Waals surface area contributed by atoms with Crippen LogP contribution in [-0.2, 0) is 11.8 Å². The van der Waals surface area contributed by atoms with Crippen LogP contribution in [0.1, 0.15) is 30.7 Å². The first-order valence-electron chi connectivity index (χ1n) is 6.01. The molecule has 0 saturated carbocycles. The Balaban J connectivity index is 2.70. The van der Waals surface area contributed by atoms with Gasteiger partial charge in [-0.1, -0.05) is 28.9 Å². The number of alkyl halides is 1. The number of aromatic nitrogens is 2. The molecule has 0 bridgehead atoms. The van der Waals surface area contributed by atoms with E-state index in [1.54, 1.807) is 0 Å². The molecule has 0 aliphatic rings. The maximum absolute atomic E-state index is 4.71. The largest absolute Gasteiger partial charge is 0.370 e. The van der Waals surface area contributed by atoms with Crippen molar-refractivity contribution in [3.8, 4) is 0 Å². The quantitative estimate of drug-likeness (QED) is 0.875. The minimum Gasteiger partial charge on any atom is -0.370 e. The molecule has 0 atom stereocenters. The summed E-state index contributed by atoms with van der Waals surface area (Å²) in [5.41, 5.74) is 4.69. The first-order chi connectivity index (χ1) is 8.21. The van der Waals surface area contributed by atoms with Gasteiger partial charge in [-0.05, 0) is 31.4 Å². The third-order valence-electron chi connectivity index (χ3n) is 2.87. The molecule has 0 amide bonds. The highest BCUT2D eigenvalue weighted by molar-refractivity contribution is 9.08. The maximum Gasteiger partial charge on any atom is 0.141 e. The van der Waals surface area contributed by atoms with Gasteiger partial charge in [0.25, 0.3) is 0 Å². The number of halogens is 1. The second-order valence-electron chi connectivity index (χ2n) is 4.15. The van der Waals surface area contributed by atoms with Crippen molar-refractivity contribution in [3.63, 3.8) is 0 Å². The Hall–Kier alpha value is -1.03. The van der Waals surface area contributed by atoms with Crippen LogP contribution in [0.5, 0.6) is 0 Å². The SMILES string of the molecule is CCNc1c(CC)nc2c(C)cc(CBr)cn12. The predicted octanol–water partition coefficient (Wildman–Crippen LogP) is 3.53. The summed E-state index contributed by atoms with van der Waals surface area (Å²) in [5.74, 6) is 1.14. The van der Waals surface area contributed by atoms with Gasteiger partial charge >= 0.3 is 0 Å². The van der Waals surface area contributed by atoms with Crippen LogP contribution in [0.25, 0.3) is 5.65 Å². The molecule has 0 aliphatic carbocycles. The molecule has 0 aliphatic heterocycles. The van der Waals surface area contributed by atoms with Gasteiger partial charge in [0.2, 0.25) is 0 Å². The van der Waals surface area contributed by atoms with Crippen LogP contribution in [-0.4, -0.2) is 15.9 Å². The lowest BCUT2D eigenvalue weighted by atomic mass is 10.2. The average molecular weight is 296 g/mol. The molecule has 4 heteroatoms. The Morgan fingerprint density at radius 2 is 2.18 bits per heavy atom. The molecule has 2 aromatic heterocycles. The van der Waals surface area contributed by atoms with E-state index in [0.717, 1.165) is 35.5 Å². The fourth-order valence-corrected chi connectivity index (χ4v) is 2.41. The summed E-state index contributed by atoms with van der Waals surface area (Å²) in [4.78, 5) is 4.71. The summed E-state index contributed by atoms with van der Waals surface area (Å²) in [6.45, 7) is 7.28. The van der Waals surface area contributed by atoms with E-state index in [4.69, 9.17) is 4.98 Å². The lowest BCUT2D eigenvalue weighted by Gasteiger charge is -2.07. The lowest BCUT2D eigenvalue weighted by Crippen LogP contribution is -2.03. The molecule has 0 spiro atoms. The van der Waals surface area contributed by atoms with E-state index < -0.39 is 0 Å². The molecule has 17 heavy (non-hydrogen) atoms. The van der Waals surface area contributed by atoms with Crippen LogP contribution in [0, 0.1) is 6.92 Å². The molecule has 0 radical (unpaired) electrons. The predicted molar refractivity (Wildman–Crippen MR) is 76.1 cm³/mol. The Kier molecular flexibility index (Phi) is 3.72. The highest BCUT2D eigenvalue weighted by Crippen LogP contribution is 2.23. The second-order valence-corrected chi connectivity index (χ2v) is 4.71. The second kappa shape index (κ2) is 5.08. The number of pyridine rings is 1. The summed E-state index contributed by atoms with van der Waals surface area (Å²) >= 11 is 3.51. The Bertz CT molecular complexity index is 531. The molecular weight excluding hydrogens is 278 g/mol. The van der Waals surface area contributed by atoms with Crippen molar-refractivity contribution in [3.05, 3.63) is 29.1 Å². The van der Waals surface area contributed by atoms with E-state index in [1.807, 2.05) is 0 Å². The number of hydrogen-bond acceptors (Lipinski definition) is 2. The normalized spacial score (nSPS) is 11.1. The molecule has 0 fully saturated rings. The van der Waals surface area contributed by atoms with Gasteiger partial charge in [-0.3, -0.25) is 4.40 Å². The number of fused-ring (bicyclic) bond motifs is 1. The van der Waals surface area contributed by atoms with Crippen molar-refractivity contribution < 1.29 is 0 Å². The number of imidazole rings is 1. The Labute approximate surface area is 110 Å². The lowest BCUT2D eigenvalue weighted by molar-refractivity contribution is 1.04. The van der Waals surface area contributed by atoms with Crippen LogP contribution in [0.2, 0.25) is 0 Å². The van der Waals surface area contributed by atoms with Crippen molar-refractivity contribution in [1.29, 1.82) is 0 Å². The highest BCUT2D eigenvalue weighted by Gasteiger charge is 2.12. The summed E-state index contributed by atoms with van der Waals surface area (Å²) in [7, 11) is 0. The number of nitrogens with one attached hydrogen (secondary N) is 1. The van der Waals surface area contributed by atoms with Crippen LogP contribution in [0.15, 0.2) is 12.3 Å². The molecule has 2 aromatic rings. The molecule has 2 heterocycles. The highest BCUT2D eigenvalue weighted by atomic mass is 79.9. The van der Waals surface area contributed by atoms with Gasteiger partial charge in [0, 0.05) is 18.1 Å². The van der Waals surface area contributed by atoms with Crippen LogP contribution in [0.3, 0.4) is 0 Å². The minimum atomic E-state index is 0.870. The number of nitrogens with zero attached hydrogens (tertiary/aromatic N) is 2. The molecule has 0 unspecified atom stereocenters. The van der Waals surface area contributed by atoms with E-state index in [-0.39, 0.29) is 0 Å². The van der Waals surface area contributed by atoms with Crippen molar-refractivity contribution >= 4 is 27.4 Å². The molecule has 0 aromatic carbocycles. The van der Waals surface area contributed by atoms with Gasteiger partial charge in [0.05, 0.1) is 5.69 Å². The fraction of sp³-hybridized carbons (Fsp3) is 0.462. The third kappa shape index (κ3) is 2.18. The third-order valence-corrected chi connectivity index (χ3v) is 3.51. The summed E-state index contributed by atoms with van der Waals surface area (Å²) < 4.78 is 2.17. The van der Waals surface area contributed by atoms with Gasteiger partial charge in [-0.2, -0.15) is 0 Å². The minimum absolute atomic E-state index is 0.870. The van der Waals surface area contributed by atoms with Crippen molar-refractivity contribution in [2.24, 2.45) is 0 Å². The monoisotopic (exact) mass is 295 g/mol. The molecule has 92 valence electrons. The molecule has 1 N–H and O–H groups in total. The van der Waals surface area contributed by atoms with E-state index in [2.05, 4.69) is 58.7 Å². The van der Waals surface area contributed by atoms with Crippen molar-refractivity contribution in [1.82, 2.24) is 9.38 Å². The Morgan fingerprint density at radius 3 is 2.76 bits per heavy atom. The van der Waals surface area contributed by atoms with Gasteiger partial charge in [-0.15, -0.1) is 0 Å². The molecule has 3 nitrogen and oxygen atoms in total. The number of hydrogen-bond donors (Lipinski definition) is 1. The smallest absolute Gasteiger partial charge is 0.141 e. The zero-order valence-corrected chi connectivity index (χ0v) is 12.1. The fourth-order valence-electron chi connectivity index (χ4n) is 2.10. The van der Waals surface area contributed by atoms with Gasteiger partial charge in [0.15, 0.2) is 0 Å². The topological polar surface area (TPSA) is 29.3 Å². The summed E-state index contributed by atoms with van der Waals surface area (Å²) in [5, 5.41) is 4.28. The Morgan fingerprint density at radius 1 is 1.41 bits per heavy atom. The number of rotatable bonds is 4. The van der Waals surface area contributed by atoms with E-state index in [1.165, 1.54) is 11.1 Å². The van der Waals surface area contributed by atoms with E-state index in [0.29, 0.717) is 0 Å². The standard InChI is InChI=1S/C13H18BrN3/c1-4-11-13(15-5-2)17-8-10(7-14)6-9(3)12(17)16-11/h6,8,15H,4-5,7H2,1-3H3. The van der Waals surface area contributed by atoms with E-state index >= 15 is 0 Å². The zero-order valence-electron chi connectivity index (χ0n) is 10.5. The first-order valence-corrected chi connectivity index (χ1v) is 7.13. The van der Waals surface area contributed by atoms with Gasteiger partial charge in [-0.25, -0.2) is 4.98 Å². The molecular formula is C13H18BrN3. The average Bonchev–Trinajstić information content (AvgIpc) is 2.68. The van der Waals surface area contributed by atoms with Crippen molar-refractivity contribution in [2.45, 2.75) is 32.5 Å². The molecule has 2 rings (SSSR count). The zero-order chi connectivity index (χ0) is 12.4. The van der Waals surface area contributed by atoms with Crippen LogP contribution in [0.4, 0.5) is 5.82 Å². The van der Waals surface area contributed by atoms with E-state index in [9.17, 15) is 0 Å². The van der Waals surface area contributed by atoms with Crippen LogP contribution < -0.4 is 5.32 Å². The van der Waals surface area contributed by atoms with Crippen LogP contribution >= 0.6 is 15.9 Å². The van der Waals surface area contributed by atoms with Crippen molar-refractivity contribution in [2.75, 3.05) is 11.9 Å². The maximum atomic E-state index is 4.71. The first kappa shape index (κ1) is 12.4. The summed E-state index contributed by atoms with van der Waals surface area (Å²) in [6, 6.07) is 2.19. The van der Waals surface area contributed by atoms with Gasteiger partial charge < -0.3 is 5.32 Å².